The van der Waals surface area contributed by atoms with E-state index in [4.69, 9.17) is 11.6 Å². The lowest BCUT2D eigenvalue weighted by atomic mass is 10.1. The molecular formula is C15H12ClN3. The normalized spacial score (nSPS) is 21.6. The molecule has 1 N–H and O–H groups in total. The van der Waals surface area contributed by atoms with E-state index in [2.05, 4.69) is 15.3 Å². The highest BCUT2D eigenvalue weighted by Crippen LogP contribution is 2.33. The van der Waals surface area contributed by atoms with Crippen LogP contribution in [0.5, 0.6) is 0 Å². The number of nitrogens with one attached hydrogen (secondary N) is 1. The average Bonchev–Trinajstić information content (AvgIpc) is 2.49. The first-order valence-electron chi connectivity index (χ1n) is 5.98. The molecule has 0 fully saturated rings. The van der Waals surface area contributed by atoms with Crippen LogP contribution in [0.3, 0.4) is 0 Å². The highest BCUT2D eigenvalue weighted by Gasteiger charge is 2.30. The van der Waals surface area contributed by atoms with Gasteiger partial charge in [-0.2, -0.15) is 0 Å². The van der Waals surface area contributed by atoms with Crippen molar-refractivity contribution in [2.45, 2.75) is 5.12 Å². The van der Waals surface area contributed by atoms with E-state index in [0.29, 0.717) is 0 Å². The lowest BCUT2D eigenvalue weighted by molar-refractivity contribution is 0.674. The predicted molar refractivity (Wildman–Crippen MR) is 78.6 cm³/mol. The van der Waals surface area contributed by atoms with Gasteiger partial charge >= 0.3 is 0 Å². The van der Waals surface area contributed by atoms with Crippen LogP contribution in [0.15, 0.2) is 70.6 Å². The Labute approximate surface area is 116 Å². The second kappa shape index (κ2) is 4.86. The van der Waals surface area contributed by atoms with Crippen LogP contribution in [0.4, 0.5) is 0 Å². The summed E-state index contributed by atoms with van der Waals surface area (Å²) in [6.07, 6.45) is 1.59. The summed E-state index contributed by atoms with van der Waals surface area (Å²) in [6.45, 7) is 0. The molecule has 1 aliphatic rings. The first kappa shape index (κ1) is 11.9. The minimum Gasteiger partial charge on any atom is -0.331 e. The first-order valence-corrected chi connectivity index (χ1v) is 6.36. The van der Waals surface area contributed by atoms with Crippen molar-refractivity contribution >= 4 is 23.8 Å². The number of rotatable bonds is 2. The Morgan fingerprint density at radius 3 is 2.21 bits per heavy atom. The Balaban J connectivity index is 2.02. The van der Waals surface area contributed by atoms with E-state index in [9.17, 15) is 0 Å². The molecule has 2 aromatic carbocycles. The third-order valence-corrected chi connectivity index (χ3v) is 3.29. The maximum atomic E-state index is 6.52. The summed E-state index contributed by atoms with van der Waals surface area (Å²) >= 11 is 6.52. The fraction of sp³-hybridized carbons (Fsp3) is 0.0667. The average molecular weight is 270 g/mol. The molecule has 0 spiro atoms. The number of benzene rings is 2. The number of hydrogen-bond acceptors (Lipinski definition) is 3. The smallest absolute Gasteiger partial charge is 0.255 e. The molecule has 1 unspecified atom stereocenters. The third kappa shape index (κ3) is 2.37. The Hall–Kier alpha value is -2.13. The maximum absolute atomic E-state index is 6.52. The second-order valence-corrected chi connectivity index (χ2v) is 4.71. The molecular weight excluding hydrogens is 258 g/mol. The molecule has 1 heterocycles. The maximum Gasteiger partial charge on any atom is 0.255 e. The number of nitrogens with zero attached hydrogens (tertiary/aromatic N) is 2. The fourth-order valence-corrected chi connectivity index (χ4v) is 2.18. The molecule has 3 rings (SSSR count). The molecule has 3 nitrogen and oxygen atoms in total. The van der Waals surface area contributed by atoms with Crippen molar-refractivity contribution in [3.8, 4) is 0 Å². The van der Waals surface area contributed by atoms with E-state index in [0.717, 1.165) is 17.0 Å². The van der Waals surface area contributed by atoms with E-state index >= 15 is 0 Å². The van der Waals surface area contributed by atoms with Crippen LogP contribution in [-0.2, 0) is 5.12 Å². The Bertz CT molecular complexity index is 622. The Morgan fingerprint density at radius 2 is 1.53 bits per heavy atom. The lowest BCUT2D eigenvalue weighted by Crippen LogP contribution is -2.32. The third-order valence-electron chi connectivity index (χ3n) is 2.89. The van der Waals surface area contributed by atoms with Crippen molar-refractivity contribution in [2.75, 3.05) is 0 Å². The Morgan fingerprint density at radius 1 is 0.895 bits per heavy atom. The first-order chi connectivity index (χ1) is 9.28. The topological polar surface area (TPSA) is 36.8 Å². The van der Waals surface area contributed by atoms with Gasteiger partial charge in [-0.25, -0.2) is 9.98 Å². The summed E-state index contributed by atoms with van der Waals surface area (Å²) in [4.78, 5) is 8.78. The molecule has 0 saturated carbocycles. The van der Waals surface area contributed by atoms with Crippen LogP contribution in [-0.4, -0.2) is 12.2 Å². The molecule has 0 aliphatic carbocycles. The predicted octanol–water partition coefficient (Wildman–Crippen LogP) is 3.11. The van der Waals surface area contributed by atoms with E-state index in [1.165, 1.54) is 0 Å². The zero-order chi connectivity index (χ0) is 13.1. The molecule has 4 heteroatoms. The zero-order valence-corrected chi connectivity index (χ0v) is 10.9. The SMILES string of the molecule is ClC1(c2ccccc2)N=CNC(c2ccccc2)=N1. The minimum atomic E-state index is -1.09. The number of alkyl halides is 1. The van der Waals surface area contributed by atoms with E-state index < -0.39 is 5.12 Å². The van der Waals surface area contributed by atoms with Crippen molar-refractivity contribution in [1.82, 2.24) is 5.32 Å². The van der Waals surface area contributed by atoms with Gasteiger partial charge in [-0.05, 0) is 0 Å². The van der Waals surface area contributed by atoms with Crippen LogP contribution < -0.4 is 5.32 Å². The van der Waals surface area contributed by atoms with Gasteiger partial charge in [0.1, 0.15) is 5.84 Å². The van der Waals surface area contributed by atoms with E-state index in [1.807, 2.05) is 60.7 Å². The molecule has 1 atom stereocenters. The number of aliphatic imine (C=N–C) groups is 2. The van der Waals surface area contributed by atoms with Gasteiger partial charge in [-0.1, -0.05) is 72.3 Å². The minimum absolute atomic E-state index is 0.717. The van der Waals surface area contributed by atoms with Crippen molar-refractivity contribution in [2.24, 2.45) is 9.98 Å². The highest BCUT2D eigenvalue weighted by molar-refractivity contribution is 6.26. The molecule has 0 bridgehead atoms. The van der Waals surface area contributed by atoms with Gasteiger partial charge in [0.25, 0.3) is 5.12 Å². The van der Waals surface area contributed by atoms with Gasteiger partial charge < -0.3 is 5.32 Å². The molecule has 0 saturated heterocycles. The number of hydrogen-bond donors (Lipinski definition) is 1. The number of amidine groups is 1. The summed E-state index contributed by atoms with van der Waals surface area (Å²) in [5.74, 6) is 0.717. The standard InChI is InChI=1S/C15H12ClN3/c16-15(13-9-5-2-6-10-13)18-11-17-14(19-15)12-7-3-1-4-8-12/h1-11H,(H,17,18,19). The van der Waals surface area contributed by atoms with Gasteiger partial charge in [-0.3, -0.25) is 0 Å². The summed E-state index contributed by atoms with van der Waals surface area (Å²) in [7, 11) is 0. The zero-order valence-electron chi connectivity index (χ0n) is 10.1. The summed E-state index contributed by atoms with van der Waals surface area (Å²) in [5.41, 5.74) is 1.83. The monoisotopic (exact) mass is 269 g/mol. The largest absolute Gasteiger partial charge is 0.331 e. The highest BCUT2D eigenvalue weighted by atomic mass is 35.5. The summed E-state index contributed by atoms with van der Waals surface area (Å²) in [5, 5.41) is 1.95. The van der Waals surface area contributed by atoms with Gasteiger partial charge in [-0.15, -0.1) is 0 Å². The van der Waals surface area contributed by atoms with Crippen molar-refractivity contribution in [1.29, 1.82) is 0 Å². The molecule has 19 heavy (non-hydrogen) atoms. The second-order valence-electron chi connectivity index (χ2n) is 4.18. The van der Waals surface area contributed by atoms with E-state index in [-0.39, 0.29) is 0 Å². The molecule has 1 aliphatic heterocycles. The van der Waals surface area contributed by atoms with Crippen LogP contribution in [0.2, 0.25) is 0 Å². The lowest BCUT2D eigenvalue weighted by Gasteiger charge is -2.24. The number of halogens is 1. The molecule has 2 aromatic rings. The van der Waals surface area contributed by atoms with Crippen molar-refractivity contribution < 1.29 is 0 Å². The van der Waals surface area contributed by atoms with Crippen molar-refractivity contribution in [3.05, 3.63) is 71.8 Å². The van der Waals surface area contributed by atoms with Crippen LogP contribution in [0.1, 0.15) is 11.1 Å². The summed E-state index contributed by atoms with van der Waals surface area (Å²) < 4.78 is 0. The summed E-state index contributed by atoms with van der Waals surface area (Å²) in [6, 6.07) is 19.5. The molecule has 0 amide bonds. The Kier molecular flexibility index (Phi) is 3.05. The van der Waals surface area contributed by atoms with Crippen LogP contribution >= 0.6 is 11.6 Å². The van der Waals surface area contributed by atoms with Gasteiger partial charge in [0.05, 0.1) is 6.34 Å². The van der Waals surface area contributed by atoms with Crippen LogP contribution in [0, 0.1) is 0 Å². The fourth-order valence-electron chi connectivity index (χ4n) is 1.92. The van der Waals surface area contributed by atoms with Crippen molar-refractivity contribution in [3.63, 3.8) is 0 Å². The van der Waals surface area contributed by atoms with Gasteiger partial charge in [0.2, 0.25) is 0 Å². The van der Waals surface area contributed by atoms with Gasteiger partial charge in [0.15, 0.2) is 0 Å². The van der Waals surface area contributed by atoms with Gasteiger partial charge in [0, 0.05) is 11.1 Å². The molecule has 94 valence electrons. The molecule has 0 aromatic heterocycles. The van der Waals surface area contributed by atoms with E-state index in [1.54, 1.807) is 6.34 Å². The van der Waals surface area contributed by atoms with Crippen LogP contribution in [0.25, 0.3) is 0 Å². The molecule has 0 radical (unpaired) electrons. The quantitative estimate of drug-likeness (QED) is 0.660.